The maximum Gasteiger partial charge on any atom is 0.460 e. The van der Waals surface area contributed by atoms with Crippen LogP contribution >= 0.6 is 22.6 Å². The van der Waals surface area contributed by atoms with Crippen LogP contribution in [0, 0.1) is 5.92 Å². The fourth-order valence-electron chi connectivity index (χ4n) is 1.84. The lowest BCUT2D eigenvalue weighted by atomic mass is 9.86. The fraction of sp³-hybridized carbons (Fsp3) is 1.00. The van der Waals surface area contributed by atoms with Gasteiger partial charge in [0.25, 0.3) is 0 Å². The van der Waals surface area contributed by atoms with Crippen molar-refractivity contribution in [2.45, 2.75) is 61.0 Å². The Morgan fingerprint density at radius 3 is 1.52 bits per heavy atom. The second-order valence-electron chi connectivity index (χ2n) is 4.59. The van der Waals surface area contributed by atoms with Gasteiger partial charge in [-0.25, -0.2) is 0 Å². The van der Waals surface area contributed by atoms with Gasteiger partial charge in [0.2, 0.25) is 0 Å². The molecule has 10 heteroatoms. The molecule has 0 aliphatic heterocycles. The van der Waals surface area contributed by atoms with Crippen LogP contribution in [0.3, 0.4) is 0 Å². The highest BCUT2D eigenvalue weighted by Crippen LogP contribution is 2.56. The summed E-state index contributed by atoms with van der Waals surface area (Å²) in [5.74, 6) is -21.1. The molecule has 0 nitrogen and oxygen atoms in total. The summed E-state index contributed by atoms with van der Waals surface area (Å²) in [6.45, 7) is 2.60. The van der Waals surface area contributed by atoms with E-state index in [-0.39, 0.29) is 6.42 Å². The van der Waals surface area contributed by atoms with Crippen LogP contribution < -0.4 is 0 Å². The van der Waals surface area contributed by atoms with Crippen molar-refractivity contribution in [3.63, 3.8) is 0 Å². The van der Waals surface area contributed by atoms with E-state index >= 15 is 0 Å². The number of halogens is 10. The maximum atomic E-state index is 13.7. The molecule has 21 heavy (non-hydrogen) atoms. The standard InChI is InChI=1S/C11H14F9I/c1-3-5-7(21)6(4-2)8(12,13)9(14,15)10(16,17)11(18,19)20/h6-7H,3-5H2,1-2H3. The van der Waals surface area contributed by atoms with Crippen LogP contribution in [0.15, 0.2) is 0 Å². The quantitative estimate of drug-likeness (QED) is 0.254. The van der Waals surface area contributed by atoms with Gasteiger partial charge in [-0.05, 0) is 12.8 Å². The Labute approximate surface area is 129 Å². The van der Waals surface area contributed by atoms with Crippen molar-refractivity contribution in [2.75, 3.05) is 0 Å². The second-order valence-corrected chi connectivity index (χ2v) is 6.19. The van der Waals surface area contributed by atoms with Crippen LogP contribution in [0.25, 0.3) is 0 Å². The molecule has 0 spiro atoms. The van der Waals surface area contributed by atoms with E-state index in [0.29, 0.717) is 6.42 Å². The van der Waals surface area contributed by atoms with Crippen LogP contribution in [-0.4, -0.2) is 27.9 Å². The highest BCUT2D eigenvalue weighted by Gasteiger charge is 2.82. The van der Waals surface area contributed by atoms with E-state index in [1.54, 1.807) is 6.92 Å². The molecule has 0 fully saturated rings. The van der Waals surface area contributed by atoms with Crippen molar-refractivity contribution >= 4 is 22.6 Å². The van der Waals surface area contributed by atoms with Crippen molar-refractivity contribution in [1.29, 1.82) is 0 Å². The van der Waals surface area contributed by atoms with Gasteiger partial charge in [0.15, 0.2) is 0 Å². The Hall–Kier alpha value is 0.1000. The molecule has 0 aliphatic rings. The normalized spacial score (nSPS) is 17.7. The van der Waals surface area contributed by atoms with Crippen molar-refractivity contribution in [3.05, 3.63) is 0 Å². The third-order valence-corrected chi connectivity index (χ3v) is 4.57. The molecule has 0 rings (SSSR count). The molecule has 0 N–H and O–H groups in total. The molecule has 0 aromatic rings. The Bertz CT molecular complexity index is 337. The lowest BCUT2D eigenvalue weighted by Crippen LogP contribution is -2.63. The van der Waals surface area contributed by atoms with E-state index in [9.17, 15) is 39.5 Å². The van der Waals surface area contributed by atoms with E-state index in [1.165, 1.54) is 22.6 Å². The molecular weight excluding hydrogens is 430 g/mol. The number of rotatable bonds is 7. The first kappa shape index (κ1) is 21.1. The van der Waals surface area contributed by atoms with E-state index in [4.69, 9.17) is 0 Å². The van der Waals surface area contributed by atoms with Crippen LogP contribution in [0.4, 0.5) is 39.5 Å². The van der Waals surface area contributed by atoms with Gasteiger partial charge in [-0.15, -0.1) is 0 Å². The minimum atomic E-state index is -6.81. The van der Waals surface area contributed by atoms with Gasteiger partial charge in [0.05, 0.1) is 0 Å². The zero-order valence-electron chi connectivity index (χ0n) is 11.1. The summed E-state index contributed by atoms with van der Waals surface area (Å²) < 4.78 is 115. The smallest absolute Gasteiger partial charge is 0.199 e. The van der Waals surface area contributed by atoms with Crippen LogP contribution in [0.2, 0.25) is 0 Å². The van der Waals surface area contributed by atoms with Crippen molar-refractivity contribution in [3.8, 4) is 0 Å². The van der Waals surface area contributed by atoms with E-state index in [2.05, 4.69) is 0 Å². The summed E-state index contributed by atoms with van der Waals surface area (Å²) in [7, 11) is 0. The average Bonchev–Trinajstić information content (AvgIpc) is 2.27. The Balaban J connectivity index is 5.74. The van der Waals surface area contributed by atoms with E-state index in [1.807, 2.05) is 0 Å². The van der Waals surface area contributed by atoms with Crippen LogP contribution in [0.1, 0.15) is 33.1 Å². The molecule has 0 bridgehead atoms. The van der Waals surface area contributed by atoms with Crippen molar-refractivity contribution < 1.29 is 39.5 Å². The summed E-state index contributed by atoms with van der Waals surface area (Å²) >= 11 is 1.38. The van der Waals surface area contributed by atoms with Gasteiger partial charge < -0.3 is 0 Å². The third-order valence-electron chi connectivity index (χ3n) is 3.08. The van der Waals surface area contributed by atoms with Gasteiger partial charge in [-0.1, -0.05) is 42.9 Å². The molecule has 0 amide bonds. The van der Waals surface area contributed by atoms with Gasteiger partial charge >= 0.3 is 23.9 Å². The first-order chi connectivity index (χ1) is 9.18. The van der Waals surface area contributed by atoms with Gasteiger partial charge in [-0.2, -0.15) is 39.5 Å². The molecule has 0 saturated carbocycles. The molecule has 0 aromatic heterocycles. The Morgan fingerprint density at radius 1 is 0.810 bits per heavy atom. The van der Waals surface area contributed by atoms with Gasteiger partial charge in [0.1, 0.15) is 0 Å². The zero-order valence-corrected chi connectivity index (χ0v) is 13.2. The average molecular weight is 444 g/mol. The summed E-state index contributed by atoms with van der Waals surface area (Å²) in [6, 6.07) is 0. The lowest BCUT2D eigenvalue weighted by Gasteiger charge is -2.39. The highest BCUT2D eigenvalue weighted by molar-refractivity contribution is 14.1. The lowest BCUT2D eigenvalue weighted by molar-refractivity contribution is -0.403. The molecule has 0 heterocycles. The van der Waals surface area contributed by atoms with Crippen molar-refractivity contribution in [2.24, 2.45) is 5.92 Å². The van der Waals surface area contributed by atoms with Crippen molar-refractivity contribution in [1.82, 2.24) is 0 Å². The molecule has 0 saturated heterocycles. The maximum absolute atomic E-state index is 13.7. The first-order valence-electron chi connectivity index (χ1n) is 6.02. The minimum Gasteiger partial charge on any atom is -0.199 e. The largest absolute Gasteiger partial charge is 0.460 e. The topological polar surface area (TPSA) is 0 Å². The van der Waals surface area contributed by atoms with E-state index in [0.717, 1.165) is 6.92 Å². The van der Waals surface area contributed by atoms with Gasteiger partial charge in [0, 0.05) is 9.84 Å². The monoisotopic (exact) mass is 444 g/mol. The molecule has 0 aromatic carbocycles. The summed E-state index contributed by atoms with van der Waals surface area (Å²) in [4.78, 5) is 0. The summed E-state index contributed by atoms with van der Waals surface area (Å²) in [5, 5.41) is 0. The zero-order chi connectivity index (χ0) is 17.3. The van der Waals surface area contributed by atoms with Crippen LogP contribution in [0.5, 0.6) is 0 Å². The molecule has 2 atom stereocenters. The molecular formula is C11H14F9I. The number of hydrogen-bond acceptors (Lipinski definition) is 0. The summed E-state index contributed by atoms with van der Waals surface area (Å²) in [5.41, 5.74) is 0. The second kappa shape index (κ2) is 6.69. The predicted octanol–water partition coefficient (Wildman–Crippen LogP) is 6.08. The number of alkyl halides is 10. The Morgan fingerprint density at radius 2 is 1.24 bits per heavy atom. The van der Waals surface area contributed by atoms with Gasteiger partial charge in [-0.3, -0.25) is 0 Å². The fourth-order valence-corrected chi connectivity index (χ4v) is 3.42. The number of hydrogen-bond donors (Lipinski definition) is 0. The molecule has 128 valence electrons. The molecule has 0 aliphatic carbocycles. The van der Waals surface area contributed by atoms with E-state index < -0.39 is 40.2 Å². The highest BCUT2D eigenvalue weighted by atomic mass is 127. The summed E-state index contributed by atoms with van der Waals surface area (Å²) in [6.07, 6.45) is -7.10. The predicted molar refractivity (Wildman–Crippen MR) is 67.4 cm³/mol. The Kier molecular flexibility index (Phi) is 6.72. The third kappa shape index (κ3) is 3.72. The minimum absolute atomic E-state index is 0.00231. The molecule has 2 unspecified atom stereocenters. The SMILES string of the molecule is CCCC(I)C(CC)C(F)(F)C(F)(F)C(F)(F)C(F)(F)F. The van der Waals surface area contributed by atoms with Crippen LogP contribution in [-0.2, 0) is 0 Å². The first-order valence-corrected chi connectivity index (χ1v) is 7.27. The molecule has 0 radical (unpaired) electrons.